The predicted molar refractivity (Wildman–Crippen MR) is 138 cm³/mol. The summed E-state index contributed by atoms with van der Waals surface area (Å²) >= 11 is 1.45. The van der Waals surface area contributed by atoms with E-state index in [0.717, 1.165) is 37.9 Å². The van der Waals surface area contributed by atoms with Gasteiger partial charge in [0.1, 0.15) is 0 Å². The molecule has 2 aliphatic rings. The second-order valence-corrected chi connectivity index (χ2v) is 11.6. The molecule has 2 aromatic rings. The van der Waals surface area contributed by atoms with Crippen LogP contribution in [0.25, 0.3) is 0 Å². The molecular weight excluding hydrogens is 444 g/mol. The summed E-state index contributed by atoms with van der Waals surface area (Å²) in [5.74, 6) is 0.0650. The predicted octanol–water partition coefficient (Wildman–Crippen LogP) is 5.62. The molecule has 2 heterocycles. The van der Waals surface area contributed by atoms with E-state index in [9.17, 15) is 9.59 Å². The van der Waals surface area contributed by atoms with E-state index in [1.807, 2.05) is 41.6 Å². The van der Waals surface area contributed by atoms with Crippen molar-refractivity contribution >= 4 is 28.3 Å². The molecule has 0 bridgehead atoms. The molecule has 34 heavy (non-hydrogen) atoms. The molecule has 1 aromatic carbocycles. The van der Waals surface area contributed by atoms with E-state index in [1.165, 1.54) is 36.2 Å². The molecule has 1 aliphatic carbocycles. The van der Waals surface area contributed by atoms with Gasteiger partial charge in [-0.3, -0.25) is 19.8 Å². The van der Waals surface area contributed by atoms with Gasteiger partial charge in [-0.2, -0.15) is 0 Å². The van der Waals surface area contributed by atoms with Crippen LogP contribution >= 0.6 is 11.3 Å². The summed E-state index contributed by atoms with van der Waals surface area (Å²) in [6.07, 6.45) is 8.04. The summed E-state index contributed by atoms with van der Waals surface area (Å²) in [7, 11) is 1.97. The Morgan fingerprint density at radius 3 is 2.47 bits per heavy atom. The molecule has 6 nitrogen and oxygen atoms in total. The Balaban J connectivity index is 1.36. The van der Waals surface area contributed by atoms with Crippen molar-refractivity contribution in [3.05, 3.63) is 46.5 Å². The number of likely N-dealkylation sites (N-methyl/N-ethyl adjacent to an activating group) is 1. The minimum Gasteiger partial charge on any atom is -0.342 e. The smallest absolute Gasteiger partial charge is 0.257 e. The monoisotopic (exact) mass is 482 g/mol. The highest BCUT2D eigenvalue weighted by Gasteiger charge is 2.31. The average Bonchev–Trinajstić information content (AvgIpc) is 3.48. The van der Waals surface area contributed by atoms with E-state index in [4.69, 9.17) is 4.98 Å². The van der Waals surface area contributed by atoms with Gasteiger partial charge in [-0.05, 0) is 55.3 Å². The lowest BCUT2D eigenvalue weighted by atomic mass is 9.87. The van der Waals surface area contributed by atoms with Gasteiger partial charge in [-0.1, -0.05) is 52.2 Å². The summed E-state index contributed by atoms with van der Waals surface area (Å²) in [4.78, 5) is 34.7. The van der Waals surface area contributed by atoms with Crippen molar-refractivity contribution in [1.82, 2.24) is 14.8 Å². The highest BCUT2D eigenvalue weighted by Crippen LogP contribution is 2.34. The van der Waals surface area contributed by atoms with Crippen molar-refractivity contribution < 1.29 is 9.59 Å². The number of nitrogens with one attached hydrogen (secondary N) is 1. The largest absolute Gasteiger partial charge is 0.342 e. The molecule has 1 saturated carbocycles. The van der Waals surface area contributed by atoms with Gasteiger partial charge < -0.3 is 4.90 Å². The molecule has 0 spiro atoms. The number of thiazole rings is 1. The number of hydrogen-bond acceptors (Lipinski definition) is 5. The third-order valence-corrected chi connectivity index (χ3v) is 8.09. The Bertz CT molecular complexity index is 989. The molecule has 1 atom stereocenters. The van der Waals surface area contributed by atoms with Gasteiger partial charge in [0.25, 0.3) is 5.91 Å². The van der Waals surface area contributed by atoms with Crippen molar-refractivity contribution in [1.29, 1.82) is 0 Å². The molecule has 1 aliphatic heterocycles. The second kappa shape index (κ2) is 10.6. The van der Waals surface area contributed by atoms with Gasteiger partial charge in [0, 0.05) is 24.0 Å². The molecule has 2 amide bonds. The van der Waals surface area contributed by atoms with Gasteiger partial charge in [-0.25, -0.2) is 4.98 Å². The second-order valence-electron chi connectivity index (χ2n) is 10.8. The Hall–Kier alpha value is -2.25. The lowest BCUT2D eigenvalue weighted by molar-refractivity contribution is -0.134. The maximum atomic E-state index is 13.0. The highest BCUT2D eigenvalue weighted by atomic mass is 32.1. The molecule has 2 fully saturated rings. The summed E-state index contributed by atoms with van der Waals surface area (Å²) in [5, 5.41) is 5.59. The quantitative estimate of drug-likeness (QED) is 0.580. The van der Waals surface area contributed by atoms with Gasteiger partial charge in [0.05, 0.1) is 18.3 Å². The zero-order valence-electron chi connectivity index (χ0n) is 21.0. The van der Waals surface area contributed by atoms with Crippen LogP contribution in [0.2, 0.25) is 0 Å². The van der Waals surface area contributed by atoms with E-state index in [2.05, 4.69) is 31.0 Å². The first-order valence-corrected chi connectivity index (χ1v) is 13.5. The molecule has 1 N–H and O–H groups in total. The third kappa shape index (κ3) is 5.87. The van der Waals surface area contributed by atoms with Crippen molar-refractivity contribution in [2.24, 2.45) is 0 Å². The fraction of sp³-hybridized carbons (Fsp3) is 0.593. The zero-order chi connectivity index (χ0) is 24.3. The summed E-state index contributed by atoms with van der Waals surface area (Å²) in [6, 6.07) is 8.30. The fourth-order valence-electron chi connectivity index (χ4n) is 5.10. The first kappa shape index (κ1) is 24.9. The average molecular weight is 483 g/mol. The number of rotatable bonds is 6. The lowest BCUT2D eigenvalue weighted by Crippen LogP contribution is -2.44. The van der Waals surface area contributed by atoms with Crippen LogP contribution in [0.1, 0.15) is 93.4 Å². The van der Waals surface area contributed by atoms with E-state index < -0.39 is 0 Å². The number of benzene rings is 1. The van der Waals surface area contributed by atoms with Crippen LogP contribution in [0.5, 0.6) is 0 Å². The number of aromatic nitrogens is 1. The van der Waals surface area contributed by atoms with Crippen molar-refractivity contribution in [2.45, 2.75) is 83.2 Å². The van der Waals surface area contributed by atoms with E-state index in [0.29, 0.717) is 23.3 Å². The maximum Gasteiger partial charge on any atom is 0.257 e. The maximum absolute atomic E-state index is 13.0. The summed E-state index contributed by atoms with van der Waals surface area (Å²) < 4.78 is 0. The lowest BCUT2D eigenvalue weighted by Gasteiger charge is -2.33. The van der Waals surface area contributed by atoms with Gasteiger partial charge in [0.15, 0.2) is 5.13 Å². The Morgan fingerprint density at radius 2 is 1.79 bits per heavy atom. The Kier molecular flexibility index (Phi) is 7.73. The Labute approximate surface area is 207 Å². The van der Waals surface area contributed by atoms with Gasteiger partial charge in [-0.15, -0.1) is 11.3 Å². The van der Waals surface area contributed by atoms with Crippen LogP contribution in [0, 0.1) is 0 Å². The van der Waals surface area contributed by atoms with Crippen LogP contribution in [-0.2, 0) is 10.2 Å². The van der Waals surface area contributed by atoms with Crippen LogP contribution in [-0.4, -0.2) is 52.8 Å². The van der Waals surface area contributed by atoms with Crippen LogP contribution in [0.4, 0.5) is 5.13 Å². The first-order chi connectivity index (χ1) is 16.2. The van der Waals surface area contributed by atoms with Crippen molar-refractivity contribution in [2.75, 3.05) is 25.5 Å². The molecule has 7 heteroatoms. The standard InChI is InChI=1S/C27H38N4O2S/c1-27(2,3)20-14-12-19(13-15-20)25(33)29-26-28-22(18-34-26)23-11-8-16-31(23)17-24(32)30(4)21-9-6-5-7-10-21/h12-15,18,21,23H,5-11,16-17H2,1-4H3,(H,28,29,33). The van der Waals surface area contributed by atoms with Crippen molar-refractivity contribution in [3.8, 4) is 0 Å². The highest BCUT2D eigenvalue weighted by molar-refractivity contribution is 7.14. The van der Waals surface area contributed by atoms with E-state index >= 15 is 0 Å². The van der Waals surface area contributed by atoms with E-state index in [-0.39, 0.29) is 23.3 Å². The topological polar surface area (TPSA) is 65.5 Å². The number of carbonyl (C=O) groups excluding carboxylic acids is 2. The normalized spacial score (nSPS) is 19.8. The summed E-state index contributed by atoms with van der Waals surface area (Å²) in [5.41, 5.74) is 2.84. The number of hydrogen-bond donors (Lipinski definition) is 1. The minimum atomic E-state index is -0.145. The molecule has 1 saturated heterocycles. The molecule has 1 unspecified atom stereocenters. The van der Waals surface area contributed by atoms with Crippen LogP contribution in [0.3, 0.4) is 0 Å². The number of carbonyl (C=O) groups is 2. The number of anilines is 1. The molecule has 1 aromatic heterocycles. The first-order valence-electron chi connectivity index (χ1n) is 12.6. The van der Waals surface area contributed by atoms with Crippen LogP contribution < -0.4 is 5.32 Å². The zero-order valence-corrected chi connectivity index (χ0v) is 21.8. The number of amides is 2. The van der Waals surface area contributed by atoms with Crippen molar-refractivity contribution in [3.63, 3.8) is 0 Å². The fourth-order valence-corrected chi connectivity index (χ4v) is 5.85. The third-order valence-electron chi connectivity index (χ3n) is 7.31. The number of likely N-dealkylation sites (tertiary alicyclic amines) is 1. The molecular formula is C27H38N4O2S. The molecule has 4 rings (SSSR count). The molecule has 0 radical (unpaired) electrons. The van der Waals surface area contributed by atoms with E-state index in [1.54, 1.807) is 0 Å². The minimum absolute atomic E-state index is 0.0545. The SMILES string of the molecule is CN(C(=O)CN1CCCC1c1csc(NC(=O)c2ccc(C(C)(C)C)cc2)n1)C1CCCCC1. The number of nitrogens with zero attached hydrogens (tertiary/aromatic N) is 3. The summed E-state index contributed by atoms with van der Waals surface area (Å²) in [6.45, 7) is 7.83. The van der Waals surface area contributed by atoms with Crippen LogP contribution in [0.15, 0.2) is 29.6 Å². The van der Waals surface area contributed by atoms with Gasteiger partial charge in [0.2, 0.25) is 5.91 Å². The van der Waals surface area contributed by atoms with Gasteiger partial charge >= 0.3 is 0 Å². The molecule has 184 valence electrons. The Morgan fingerprint density at radius 1 is 1.09 bits per heavy atom.